The van der Waals surface area contributed by atoms with Gasteiger partial charge in [0, 0.05) is 17.8 Å². The number of nitrogens with zero attached hydrogens (tertiary/aromatic N) is 3. The standard InChI is InChI=1S/C19H25N3O2.C2H6/c1-3-7-16-14(4-2)8-9-17-15(20-13-22(16)17)12-18(19(23)24)21-10-5-6-11-21;1-2/h3-4,7,13,18H,2,5-6,8-12H2,1H3,(H,23,24);1-2H3/b7-3-;. The Morgan fingerprint density at radius 1 is 1.35 bits per heavy atom. The highest BCUT2D eigenvalue weighted by atomic mass is 16.4. The fourth-order valence-electron chi connectivity index (χ4n) is 3.75. The van der Waals surface area contributed by atoms with E-state index >= 15 is 0 Å². The van der Waals surface area contributed by atoms with E-state index in [1.54, 1.807) is 0 Å². The van der Waals surface area contributed by atoms with Gasteiger partial charge in [0.05, 0.1) is 12.0 Å². The number of hydrogen-bond acceptors (Lipinski definition) is 3. The van der Waals surface area contributed by atoms with E-state index in [0.717, 1.165) is 55.9 Å². The molecule has 0 radical (unpaired) electrons. The van der Waals surface area contributed by atoms with E-state index in [-0.39, 0.29) is 0 Å². The lowest BCUT2D eigenvalue weighted by Crippen LogP contribution is -2.41. The summed E-state index contributed by atoms with van der Waals surface area (Å²) in [4.78, 5) is 18.4. The van der Waals surface area contributed by atoms with E-state index < -0.39 is 12.0 Å². The van der Waals surface area contributed by atoms with Crippen LogP contribution in [0.5, 0.6) is 0 Å². The largest absolute Gasteiger partial charge is 0.480 e. The van der Waals surface area contributed by atoms with Gasteiger partial charge >= 0.3 is 5.97 Å². The molecule has 0 amide bonds. The second kappa shape index (κ2) is 9.53. The SMILES string of the molecule is C=CC1=C(/C=C\C)n2cnc(CC(C(=O)O)N3CCCC3)c2CC1.CC. The number of fused-ring (bicyclic) bond motifs is 1. The first-order valence-corrected chi connectivity index (χ1v) is 9.66. The summed E-state index contributed by atoms with van der Waals surface area (Å²) < 4.78 is 2.10. The molecule has 0 bridgehead atoms. The predicted octanol–water partition coefficient (Wildman–Crippen LogP) is 3.92. The highest BCUT2D eigenvalue weighted by Crippen LogP contribution is 2.29. The fourth-order valence-corrected chi connectivity index (χ4v) is 3.75. The minimum absolute atomic E-state index is 0.470. The van der Waals surface area contributed by atoms with Crippen molar-refractivity contribution in [2.24, 2.45) is 0 Å². The normalized spacial score (nSPS) is 18.4. The highest BCUT2D eigenvalue weighted by Gasteiger charge is 2.30. The maximum atomic E-state index is 11.7. The Bertz CT molecular complexity index is 694. The maximum absolute atomic E-state index is 11.7. The number of rotatable bonds is 6. The van der Waals surface area contributed by atoms with Crippen LogP contribution >= 0.6 is 0 Å². The van der Waals surface area contributed by atoms with Gasteiger partial charge in [-0.05, 0) is 57.3 Å². The number of carboxylic acid groups (broad SMARTS) is 1. The van der Waals surface area contributed by atoms with Gasteiger partial charge < -0.3 is 9.67 Å². The van der Waals surface area contributed by atoms with Gasteiger partial charge in [0.25, 0.3) is 0 Å². The number of likely N-dealkylation sites (tertiary alicyclic amines) is 1. The van der Waals surface area contributed by atoms with Crippen LogP contribution in [0, 0.1) is 0 Å². The van der Waals surface area contributed by atoms with Gasteiger partial charge in [-0.3, -0.25) is 9.69 Å². The zero-order chi connectivity index (χ0) is 19.1. The van der Waals surface area contributed by atoms with Crippen molar-refractivity contribution in [3.05, 3.63) is 48.1 Å². The van der Waals surface area contributed by atoms with Gasteiger partial charge in [-0.1, -0.05) is 32.6 Å². The molecule has 1 fully saturated rings. The van der Waals surface area contributed by atoms with Crippen LogP contribution in [0.25, 0.3) is 5.70 Å². The van der Waals surface area contributed by atoms with E-state index in [4.69, 9.17) is 0 Å². The Morgan fingerprint density at radius 2 is 2.04 bits per heavy atom. The fraction of sp³-hybridized carbons (Fsp3) is 0.524. The molecule has 0 saturated carbocycles. The van der Waals surface area contributed by atoms with E-state index in [9.17, 15) is 9.90 Å². The quantitative estimate of drug-likeness (QED) is 0.838. The van der Waals surface area contributed by atoms with Crippen LogP contribution in [0.3, 0.4) is 0 Å². The van der Waals surface area contributed by atoms with Gasteiger partial charge in [-0.25, -0.2) is 4.98 Å². The Balaban J connectivity index is 0.00000117. The number of allylic oxidation sites excluding steroid dienone is 5. The molecule has 3 heterocycles. The third-order valence-electron chi connectivity index (χ3n) is 5.00. The Morgan fingerprint density at radius 3 is 2.62 bits per heavy atom. The van der Waals surface area contributed by atoms with Crippen LogP contribution < -0.4 is 0 Å². The second-order valence-corrected chi connectivity index (χ2v) is 6.42. The Hall–Kier alpha value is -2.14. The first-order valence-electron chi connectivity index (χ1n) is 9.66. The van der Waals surface area contributed by atoms with Crippen LogP contribution in [0.1, 0.15) is 51.4 Å². The molecule has 3 rings (SSSR count). The first kappa shape index (κ1) is 20.2. The molecule has 0 aliphatic carbocycles. The van der Waals surface area contributed by atoms with Crippen molar-refractivity contribution in [1.82, 2.24) is 14.5 Å². The number of hydrogen-bond donors (Lipinski definition) is 1. The molecule has 26 heavy (non-hydrogen) atoms. The first-order chi connectivity index (χ1) is 12.7. The summed E-state index contributed by atoms with van der Waals surface area (Å²) in [5.41, 5.74) is 4.36. The van der Waals surface area contributed by atoms with Crippen molar-refractivity contribution in [2.45, 2.75) is 58.9 Å². The van der Waals surface area contributed by atoms with Gasteiger partial charge in [0.15, 0.2) is 0 Å². The Labute approximate surface area is 156 Å². The summed E-state index contributed by atoms with van der Waals surface area (Å²) in [5.74, 6) is -0.745. The molecular formula is C21H31N3O2. The molecule has 142 valence electrons. The molecular weight excluding hydrogens is 326 g/mol. The molecule has 2 aliphatic heterocycles. The molecule has 1 aromatic heterocycles. The predicted molar refractivity (Wildman–Crippen MR) is 106 cm³/mol. The van der Waals surface area contributed by atoms with Crippen molar-refractivity contribution < 1.29 is 9.90 Å². The lowest BCUT2D eigenvalue weighted by atomic mass is 9.98. The number of carbonyl (C=O) groups is 1. The second-order valence-electron chi connectivity index (χ2n) is 6.42. The minimum atomic E-state index is -0.745. The van der Waals surface area contributed by atoms with E-state index in [1.807, 2.05) is 39.3 Å². The third-order valence-corrected chi connectivity index (χ3v) is 5.00. The lowest BCUT2D eigenvalue weighted by Gasteiger charge is -2.24. The molecule has 0 aromatic carbocycles. The molecule has 1 atom stereocenters. The van der Waals surface area contributed by atoms with Crippen LogP contribution in [-0.4, -0.2) is 44.7 Å². The third kappa shape index (κ3) is 4.15. The molecule has 5 heteroatoms. The molecule has 1 N–H and O–H groups in total. The molecule has 1 aromatic rings. The zero-order valence-electron chi connectivity index (χ0n) is 16.2. The van der Waals surface area contributed by atoms with Gasteiger partial charge in [-0.2, -0.15) is 0 Å². The Kier molecular flexibility index (Phi) is 7.39. The van der Waals surface area contributed by atoms with Crippen molar-refractivity contribution in [2.75, 3.05) is 13.1 Å². The number of aliphatic carboxylic acids is 1. The monoisotopic (exact) mass is 357 g/mol. The van der Waals surface area contributed by atoms with Crippen molar-refractivity contribution in [3.63, 3.8) is 0 Å². The van der Waals surface area contributed by atoms with Crippen molar-refractivity contribution >= 4 is 11.7 Å². The maximum Gasteiger partial charge on any atom is 0.321 e. The average Bonchev–Trinajstić information content (AvgIpc) is 3.31. The topological polar surface area (TPSA) is 58.4 Å². The summed E-state index contributed by atoms with van der Waals surface area (Å²) in [6.07, 6.45) is 12.3. The number of carboxylic acids is 1. The van der Waals surface area contributed by atoms with Crippen LogP contribution in [0.4, 0.5) is 0 Å². The van der Waals surface area contributed by atoms with Crippen molar-refractivity contribution in [3.8, 4) is 0 Å². The van der Waals surface area contributed by atoms with Gasteiger partial charge in [-0.15, -0.1) is 0 Å². The number of aromatic nitrogens is 2. The van der Waals surface area contributed by atoms with E-state index in [0.29, 0.717) is 6.42 Å². The van der Waals surface area contributed by atoms with Crippen LogP contribution in [-0.2, 0) is 17.6 Å². The van der Waals surface area contributed by atoms with Gasteiger partial charge in [0.1, 0.15) is 6.04 Å². The van der Waals surface area contributed by atoms with E-state index in [2.05, 4.69) is 27.1 Å². The summed E-state index contributed by atoms with van der Waals surface area (Å²) >= 11 is 0. The van der Waals surface area contributed by atoms with E-state index in [1.165, 1.54) is 5.57 Å². The smallest absolute Gasteiger partial charge is 0.321 e. The van der Waals surface area contributed by atoms with Gasteiger partial charge in [0.2, 0.25) is 0 Å². The van der Waals surface area contributed by atoms with Crippen LogP contribution in [0.15, 0.2) is 36.7 Å². The average molecular weight is 357 g/mol. The zero-order valence-corrected chi connectivity index (χ0v) is 16.2. The number of imidazole rings is 1. The molecule has 5 nitrogen and oxygen atoms in total. The summed E-state index contributed by atoms with van der Waals surface area (Å²) in [6.45, 7) is 11.6. The summed E-state index contributed by atoms with van der Waals surface area (Å²) in [5, 5.41) is 9.64. The van der Waals surface area contributed by atoms with Crippen molar-refractivity contribution in [1.29, 1.82) is 0 Å². The van der Waals surface area contributed by atoms with Crippen LogP contribution in [0.2, 0.25) is 0 Å². The minimum Gasteiger partial charge on any atom is -0.480 e. The highest BCUT2D eigenvalue weighted by molar-refractivity contribution is 5.74. The molecule has 2 aliphatic rings. The molecule has 0 spiro atoms. The summed E-state index contributed by atoms with van der Waals surface area (Å²) in [7, 11) is 0. The molecule has 1 saturated heterocycles. The summed E-state index contributed by atoms with van der Waals surface area (Å²) in [6, 6.07) is -0.470. The lowest BCUT2D eigenvalue weighted by molar-refractivity contribution is -0.142. The molecule has 1 unspecified atom stereocenters.